The SMILES string of the molecule is Cc1ccc(C)c(CN2CCN(CC(=O)NC(C)C)CC2)c1. The predicted octanol–water partition coefficient (Wildman–Crippen LogP) is 1.95. The van der Waals surface area contributed by atoms with Crippen LogP contribution in [0.15, 0.2) is 18.2 Å². The van der Waals surface area contributed by atoms with E-state index in [1.807, 2.05) is 13.8 Å². The molecule has 0 saturated carbocycles. The van der Waals surface area contributed by atoms with Crippen LogP contribution in [0.2, 0.25) is 0 Å². The summed E-state index contributed by atoms with van der Waals surface area (Å²) >= 11 is 0. The Bertz CT molecular complexity index is 505. The summed E-state index contributed by atoms with van der Waals surface area (Å²) in [4.78, 5) is 16.5. The monoisotopic (exact) mass is 303 g/mol. The van der Waals surface area contributed by atoms with Gasteiger partial charge >= 0.3 is 0 Å². The molecule has 0 bridgehead atoms. The number of carbonyl (C=O) groups excluding carboxylic acids is 1. The summed E-state index contributed by atoms with van der Waals surface area (Å²) < 4.78 is 0. The number of nitrogens with zero attached hydrogens (tertiary/aromatic N) is 2. The van der Waals surface area contributed by atoms with E-state index >= 15 is 0 Å². The number of nitrogens with one attached hydrogen (secondary N) is 1. The zero-order valence-electron chi connectivity index (χ0n) is 14.4. The highest BCUT2D eigenvalue weighted by Gasteiger charge is 2.19. The smallest absolute Gasteiger partial charge is 0.234 e. The van der Waals surface area contributed by atoms with Crippen LogP contribution in [0.5, 0.6) is 0 Å². The number of benzene rings is 1. The molecule has 1 saturated heterocycles. The van der Waals surface area contributed by atoms with Gasteiger partial charge in [0, 0.05) is 38.8 Å². The third-order valence-electron chi connectivity index (χ3n) is 4.18. The van der Waals surface area contributed by atoms with Gasteiger partial charge in [0.1, 0.15) is 0 Å². The molecule has 22 heavy (non-hydrogen) atoms. The van der Waals surface area contributed by atoms with Crippen LogP contribution in [0.1, 0.15) is 30.5 Å². The van der Waals surface area contributed by atoms with E-state index < -0.39 is 0 Å². The highest BCUT2D eigenvalue weighted by molar-refractivity contribution is 5.78. The lowest BCUT2D eigenvalue weighted by atomic mass is 10.0. The average Bonchev–Trinajstić information content (AvgIpc) is 2.44. The van der Waals surface area contributed by atoms with Crippen molar-refractivity contribution in [3.63, 3.8) is 0 Å². The van der Waals surface area contributed by atoms with Crippen molar-refractivity contribution in [1.82, 2.24) is 15.1 Å². The molecule has 1 N–H and O–H groups in total. The van der Waals surface area contributed by atoms with Crippen molar-refractivity contribution in [3.05, 3.63) is 34.9 Å². The van der Waals surface area contributed by atoms with E-state index in [0.717, 1.165) is 32.7 Å². The first kappa shape index (κ1) is 17.0. The Morgan fingerprint density at radius 2 is 1.77 bits per heavy atom. The molecule has 4 heteroatoms. The summed E-state index contributed by atoms with van der Waals surface area (Å²) in [6, 6.07) is 6.89. The van der Waals surface area contributed by atoms with Crippen molar-refractivity contribution in [1.29, 1.82) is 0 Å². The molecule has 1 aromatic carbocycles. The minimum atomic E-state index is 0.137. The number of amides is 1. The van der Waals surface area contributed by atoms with Crippen molar-refractivity contribution < 1.29 is 4.79 Å². The van der Waals surface area contributed by atoms with Crippen molar-refractivity contribution >= 4 is 5.91 Å². The van der Waals surface area contributed by atoms with Gasteiger partial charge in [-0.15, -0.1) is 0 Å². The first-order valence-corrected chi connectivity index (χ1v) is 8.24. The Morgan fingerprint density at radius 3 is 2.41 bits per heavy atom. The van der Waals surface area contributed by atoms with Crippen LogP contribution >= 0.6 is 0 Å². The maximum absolute atomic E-state index is 11.8. The van der Waals surface area contributed by atoms with Gasteiger partial charge in [-0.1, -0.05) is 23.8 Å². The average molecular weight is 303 g/mol. The summed E-state index contributed by atoms with van der Waals surface area (Å²) in [5.41, 5.74) is 4.11. The molecule has 4 nitrogen and oxygen atoms in total. The highest BCUT2D eigenvalue weighted by Crippen LogP contribution is 2.14. The molecular formula is C18H29N3O. The number of rotatable bonds is 5. The Kier molecular flexibility index (Phi) is 5.98. The van der Waals surface area contributed by atoms with Gasteiger partial charge in [0.15, 0.2) is 0 Å². The first-order valence-electron chi connectivity index (χ1n) is 8.24. The normalized spacial score (nSPS) is 17.0. The molecule has 1 aromatic rings. The standard InChI is InChI=1S/C18H29N3O/c1-14(2)19-18(22)13-21-9-7-20(8-10-21)12-17-11-15(3)5-6-16(17)4/h5-6,11,14H,7-10,12-13H2,1-4H3,(H,19,22). The predicted molar refractivity (Wildman–Crippen MR) is 90.9 cm³/mol. The molecule has 0 aliphatic carbocycles. The summed E-state index contributed by atoms with van der Waals surface area (Å²) in [7, 11) is 0. The molecule has 1 aliphatic heterocycles. The number of piperazine rings is 1. The summed E-state index contributed by atoms with van der Waals surface area (Å²) in [5.74, 6) is 0.137. The van der Waals surface area contributed by atoms with E-state index in [9.17, 15) is 4.79 Å². The number of aryl methyl sites for hydroxylation is 2. The molecule has 0 unspecified atom stereocenters. The van der Waals surface area contributed by atoms with Gasteiger partial charge in [0.05, 0.1) is 6.54 Å². The van der Waals surface area contributed by atoms with Crippen LogP contribution in [-0.4, -0.2) is 54.5 Å². The van der Waals surface area contributed by atoms with E-state index in [-0.39, 0.29) is 11.9 Å². The van der Waals surface area contributed by atoms with Crippen molar-refractivity contribution in [3.8, 4) is 0 Å². The molecule has 2 rings (SSSR count). The second-order valence-electron chi connectivity index (χ2n) is 6.70. The third-order valence-corrected chi connectivity index (χ3v) is 4.18. The van der Waals surface area contributed by atoms with Crippen LogP contribution < -0.4 is 5.32 Å². The minimum Gasteiger partial charge on any atom is -0.353 e. The van der Waals surface area contributed by atoms with Crippen LogP contribution in [0.4, 0.5) is 0 Å². The lowest BCUT2D eigenvalue weighted by Crippen LogP contribution is -2.49. The molecule has 0 aromatic heterocycles. The topological polar surface area (TPSA) is 35.6 Å². The second-order valence-corrected chi connectivity index (χ2v) is 6.70. The van der Waals surface area contributed by atoms with Gasteiger partial charge < -0.3 is 5.32 Å². The van der Waals surface area contributed by atoms with E-state index in [0.29, 0.717) is 6.54 Å². The van der Waals surface area contributed by atoms with Crippen LogP contribution in [-0.2, 0) is 11.3 Å². The summed E-state index contributed by atoms with van der Waals surface area (Å²) in [6.45, 7) is 13.9. The van der Waals surface area contributed by atoms with Gasteiger partial charge in [0.25, 0.3) is 0 Å². The zero-order chi connectivity index (χ0) is 16.1. The Balaban J connectivity index is 1.80. The number of hydrogen-bond acceptors (Lipinski definition) is 3. The molecule has 122 valence electrons. The summed E-state index contributed by atoms with van der Waals surface area (Å²) in [5, 5.41) is 2.96. The molecule has 0 radical (unpaired) electrons. The fourth-order valence-corrected chi connectivity index (χ4v) is 2.89. The van der Waals surface area contributed by atoms with Crippen molar-refractivity contribution in [2.24, 2.45) is 0 Å². The largest absolute Gasteiger partial charge is 0.353 e. The van der Waals surface area contributed by atoms with Gasteiger partial charge in [-0.05, 0) is 38.8 Å². The fourth-order valence-electron chi connectivity index (χ4n) is 2.89. The summed E-state index contributed by atoms with van der Waals surface area (Å²) in [6.07, 6.45) is 0. The third kappa shape index (κ3) is 5.11. The second kappa shape index (κ2) is 7.75. The maximum atomic E-state index is 11.8. The highest BCUT2D eigenvalue weighted by atomic mass is 16.2. The maximum Gasteiger partial charge on any atom is 0.234 e. The molecule has 1 aliphatic rings. The lowest BCUT2D eigenvalue weighted by molar-refractivity contribution is -0.123. The van der Waals surface area contributed by atoms with Crippen LogP contribution in [0.25, 0.3) is 0 Å². The molecule has 0 atom stereocenters. The molecule has 0 spiro atoms. The van der Waals surface area contributed by atoms with Gasteiger partial charge in [-0.2, -0.15) is 0 Å². The molecular weight excluding hydrogens is 274 g/mol. The lowest BCUT2D eigenvalue weighted by Gasteiger charge is -2.34. The van der Waals surface area contributed by atoms with Gasteiger partial charge in [0.2, 0.25) is 5.91 Å². The van der Waals surface area contributed by atoms with E-state index in [2.05, 4.69) is 47.2 Å². The number of carbonyl (C=O) groups is 1. The van der Waals surface area contributed by atoms with Crippen molar-refractivity contribution in [2.45, 2.75) is 40.3 Å². The van der Waals surface area contributed by atoms with Gasteiger partial charge in [-0.3, -0.25) is 14.6 Å². The molecule has 1 fully saturated rings. The minimum absolute atomic E-state index is 0.137. The fraction of sp³-hybridized carbons (Fsp3) is 0.611. The Morgan fingerprint density at radius 1 is 1.14 bits per heavy atom. The number of hydrogen-bond donors (Lipinski definition) is 1. The first-order chi connectivity index (χ1) is 10.4. The zero-order valence-corrected chi connectivity index (χ0v) is 14.4. The van der Waals surface area contributed by atoms with E-state index in [1.165, 1.54) is 16.7 Å². The molecule has 1 heterocycles. The Hall–Kier alpha value is -1.39. The van der Waals surface area contributed by atoms with E-state index in [4.69, 9.17) is 0 Å². The Labute approximate surface area is 134 Å². The van der Waals surface area contributed by atoms with E-state index in [1.54, 1.807) is 0 Å². The van der Waals surface area contributed by atoms with Crippen molar-refractivity contribution in [2.75, 3.05) is 32.7 Å². The van der Waals surface area contributed by atoms with Gasteiger partial charge in [-0.25, -0.2) is 0 Å². The van der Waals surface area contributed by atoms with Crippen LogP contribution in [0, 0.1) is 13.8 Å². The quantitative estimate of drug-likeness (QED) is 0.903. The van der Waals surface area contributed by atoms with Crippen LogP contribution in [0.3, 0.4) is 0 Å². The molecule has 1 amide bonds.